The molecule has 28 heavy (non-hydrogen) atoms. The van der Waals surface area contributed by atoms with Crippen molar-refractivity contribution < 1.29 is 18.7 Å². The highest BCUT2D eigenvalue weighted by atomic mass is 32.1. The number of esters is 1. The van der Waals surface area contributed by atoms with Crippen LogP contribution in [0.4, 0.5) is 4.39 Å². The molecule has 1 aromatic carbocycles. The van der Waals surface area contributed by atoms with E-state index in [0.29, 0.717) is 17.7 Å². The first-order valence-electron chi connectivity index (χ1n) is 8.62. The van der Waals surface area contributed by atoms with Crippen molar-refractivity contribution in [2.24, 2.45) is 0 Å². The fraction of sp³-hybridized carbons (Fsp3) is 0.200. The summed E-state index contributed by atoms with van der Waals surface area (Å²) in [5, 5.41) is 5.14. The van der Waals surface area contributed by atoms with Crippen LogP contribution < -0.4 is 5.32 Å². The second-order valence-electron chi connectivity index (χ2n) is 5.91. The molecule has 0 fully saturated rings. The Kier molecular flexibility index (Phi) is 6.80. The minimum atomic E-state index is -0.535. The van der Waals surface area contributed by atoms with Gasteiger partial charge in [0.1, 0.15) is 10.8 Å². The molecule has 0 spiro atoms. The van der Waals surface area contributed by atoms with E-state index in [-0.39, 0.29) is 25.4 Å². The summed E-state index contributed by atoms with van der Waals surface area (Å²) in [6.07, 6.45) is 3.73. The van der Waals surface area contributed by atoms with Crippen molar-refractivity contribution in [2.75, 3.05) is 13.2 Å². The fourth-order valence-electron chi connectivity index (χ4n) is 2.44. The molecule has 0 aliphatic rings. The number of benzene rings is 1. The monoisotopic (exact) mass is 399 g/mol. The van der Waals surface area contributed by atoms with Crippen molar-refractivity contribution in [1.29, 1.82) is 0 Å². The Labute approximate surface area is 165 Å². The third-order valence-electron chi connectivity index (χ3n) is 3.82. The number of amides is 1. The normalized spacial score (nSPS) is 10.5. The highest BCUT2D eigenvalue weighted by molar-refractivity contribution is 7.13. The average Bonchev–Trinajstić information content (AvgIpc) is 3.17. The van der Waals surface area contributed by atoms with Crippen LogP contribution in [0, 0.1) is 5.82 Å². The average molecular weight is 399 g/mol. The summed E-state index contributed by atoms with van der Waals surface area (Å²) in [6.45, 7) is -0.117. The van der Waals surface area contributed by atoms with Crippen molar-refractivity contribution in [3.63, 3.8) is 0 Å². The van der Waals surface area contributed by atoms with Gasteiger partial charge in [-0.25, -0.2) is 9.37 Å². The molecule has 6 nitrogen and oxygen atoms in total. The number of hydrogen-bond acceptors (Lipinski definition) is 6. The molecule has 0 saturated heterocycles. The summed E-state index contributed by atoms with van der Waals surface area (Å²) in [7, 11) is 0. The molecule has 144 valence electrons. The van der Waals surface area contributed by atoms with Crippen molar-refractivity contribution in [2.45, 2.75) is 12.8 Å². The molecule has 0 aliphatic carbocycles. The van der Waals surface area contributed by atoms with Crippen LogP contribution in [-0.2, 0) is 27.2 Å². The van der Waals surface area contributed by atoms with Crippen molar-refractivity contribution in [3.05, 3.63) is 71.2 Å². The van der Waals surface area contributed by atoms with E-state index in [1.165, 1.54) is 17.4 Å². The first kappa shape index (κ1) is 19.6. The number of ether oxygens (including phenoxy) is 1. The molecule has 0 bridgehead atoms. The van der Waals surface area contributed by atoms with Gasteiger partial charge < -0.3 is 10.1 Å². The maximum Gasteiger partial charge on any atom is 0.312 e. The molecule has 1 N–H and O–H groups in total. The standard InChI is InChI=1S/C20H18FN3O3S/c21-17-6-2-1-4-14(17)7-9-23-18(25)12-27-19(26)10-16-13-28-20(24-16)15-5-3-8-22-11-15/h1-6,8,11,13H,7,9-10,12H2,(H,23,25). The number of nitrogens with zero attached hydrogens (tertiary/aromatic N) is 2. The van der Waals surface area contributed by atoms with E-state index < -0.39 is 11.9 Å². The van der Waals surface area contributed by atoms with Gasteiger partial charge in [0.2, 0.25) is 0 Å². The molecule has 8 heteroatoms. The molecule has 0 radical (unpaired) electrons. The maximum atomic E-state index is 13.5. The number of hydrogen-bond donors (Lipinski definition) is 1. The molecule has 0 unspecified atom stereocenters. The molecule has 1 amide bonds. The van der Waals surface area contributed by atoms with Crippen LogP contribution in [-0.4, -0.2) is 35.0 Å². The van der Waals surface area contributed by atoms with Gasteiger partial charge in [0, 0.05) is 29.9 Å². The van der Waals surface area contributed by atoms with Gasteiger partial charge in [-0.2, -0.15) is 0 Å². The molecule has 0 aliphatic heterocycles. The number of pyridine rings is 1. The van der Waals surface area contributed by atoms with Crippen molar-refractivity contribution in [3.8, 4) is 10.6 Å². The quantitative estimate of drug-likeness (QED) is 0.589. The second-order valence-corrected chi connectivity index (χ2v) is 6.77. The number of rotatable bonds is 8. The largest absolute Gasteiger partial charge is 0.455 e. The van der Waals surface area contributed by atoms with E-state index >= 15 is 0 Å². The number of halogens is 1. The maximum absolute atomic E-state index is 13.5. The van der Waals surface area contributed by atoms with E-state index in [2.05, 4.69) is 15.3 Å². The summed E-state index contributed by atoms with van der Waals surface area (Å²) in [5.74, 6) is -1.27. The van der Waals surface area contributed by atoms with Gasteiger partial charge in [0.15, 0.2) is 6.61 Å². The number of carbonyl (C=O) groups is 2. The van der Waals surface area contributed by atoms with E-state index in [1.807, 2.05) is 12.1 Å². The topological polar surface area (TPSA) is 81.2 Å². The highest BCUT2D eigenvalue weighted by Crippen LogP contribution is 2.22. The van der Waals surface area contributed by atoms with E-state index in [9.17, 15) is 14.0 Å². The van der Waals surface area contributed by atoms with Gasteiger partial charge in [-0.3, -0.25) is 14.6 Å². The number of thiazole rings is 1. The Morgan fingerprint density at radius 2 is 2.04 bits per heavy atom. The Bertz CT molecular complexity index is 947. The number of nitrogens with one attached hydrogen (secondary N) is 1. The smallest absolute Gasteiger partial charge is 0.312 e. The Morgan fingerprint density at radius 3 is 2.82 bits per heavy atom. The predicted octanol–water partition coefficient (Wildman–Crippen LogP) is 2.79. The van der Waals surface area contributed by atoms with Crippen LogP contribution in [0.2, 0.25) is 0 Å². The van der Waals surface area contributed by atoms with Crippen LogP contribution in [0.3, 0.4) is 0 Å². The number of aromatic nitrogens is 2. The molecule has 0 saturated carbocycles. The first-order chi connectivity index (χ1) is 13.6. The lowest BCUT2D eigenvalue weighted by atomic mass is 10.1. The fourth-order valence-corrected chi connectivity index (χ4v) is 3.25. The molecular weight excluding hydrogens is 381 g/mol. The summed E-state index contributed by atoms with van der Waals surface area (Å²) < 4.78 is 18.5. The van der Waals surface area contributed by atoms with Gasteiger partial charge in [-0.1, -0.05) is 18.2 Å². The van der Waals surface area contributed by atoms with Gasteiger partial charge in [-0.05, 0) is 30.2 Å². The number of carbonyl (C=O) groups excluding carboxylic acids is 2. The molecule has 2 aromatic heterocycles. The molecular formula is C20H18FN3O3S. The molecule has 3 rings (SSSR count). The zero-order valence-corrected chi connectivity index (χ0v) is 15.7. The Morgan fingerprint density at radius 1 is 1.18 bits per heavy atom. The molecule has 2 heterocycles. The Hall–Kier alpha value is -3.13. The highest BCUT2D eigenvalue weighted by Gasteiger charge is 2.12. The third-order valence-corrected chi connectivity index (χ3v) is 4.76. The van der Waals surface area contributed by atoms with Gasteiger partial charge in [0.05, 0.1) is 12.1 Å². The lowest BCUT2D eigenvalue weighted by Crippen LogP contribution is -2.30. The summed E-state index contributed by atoms with van der Waals surface area (Å²) in [6, 6.07) is 10.1. The zero-order valence-electron chi connectivity index (χ0n) is 14.9. The summed E-state index contributed by atoms with van der Waals surface area (Å²) in [5.41, 5.74) is 1.97. The zero-order chi connectivity index (χ0) is 19.8. The Balaban J connectivity index is 1.39. The van der Waals surface area contributed by atoms with Gasteiger partial charge in [0.25, 0.3) is 5.91 Å². The van der Waals surface area contributed by atoms with Crippen molar-refractivity contribution >= 4 is 23.2 Å². The first-order valence-corrected chi connectivity index (χ1v) is 9.50. The van der Waals surface area contributed by atoms with Crippen LogP contribution >= 0.6 is 11.3 Å². The van der Waals surface area contributed by atoms with Crippen molar-refractivity contribution in [1.82, 2.24) is 15.3 Å². The van der Waals surface area contributed by atoms with E-state index in [4.69, 9.17) is 4.74 Å². The van der Waals surface area contributed by atoms with Gasteiger partial charge >= 0.3 is 5.97 Å². The van der Waals surface area contributed by atoms with Crippen LogP contribution in [0.15, 0.2) is 54.2 Å². The van der Waals surface area contributed by atoms with E-state index in [1.54, 1.807) is 36.0 Å². The minimum Gasteiger partial charge on any atom is -0.455 e. The van der Waals surface area contributed by atoms with E-state index in [0.717, 1.165) is 10.6 Å². The van der Waals surface area contributed by atoms with Gasteiger partial charge in [-0.15, -0.1) is 11.3 Å². The minimum absolute atomic E-state index is 0.0146. The second kappa shape index (κ2) is 9.70. The van der Waals surface area contributed by atoms with Crippen LogP contribution in [0.25, 0.3) is 10.6 Å². The lowest BCUT2D eigenvalue weighted by Gasteiger charge is -2.07. The SMILES string of the molecule is O=C(COC(=O)Cc1csc(-c2cccnc2)n1)NCCc1ccccc1F. The summed E-state index contributed by atoms with van der Waals surface area (Å²) in [4.78, 5) is 32.1. The predicted molar refractivity (Wildman–Crippen MR) is 103 cm³/mol. The third kappa shape index (κ3) is 5.68. The lowest BCUT2D eigenvalue weighted by molar-refractivity contribution is -0.147. The van der Waals surface area contributed by atoms with Crippen LogP contribution in [0.1, 0.15) is 11.3 Å². The molecule has 0 atom stereocenters. The molecule has 3 aromatic rings. The summed E-state index contributed by atoms with van der Waals surface area (Å²) >= 11 is 1.41. The van der Waals surface area contributed by atoms with Crippen LogP contribution in [0.5, 0.6) is 0 Å².